The summed E-state index contributed by atoms with van der Waals surface area (Å²) in [4.78, 5) is 58.3. The highest BCUT2D eigenvalue weighted by Gasteiger charge is 2.50. The molecule has 3 atom stereocenters. The summed E-state index contributed by atoms with van der Waals surface area (Å²) in [6.45, 7) is 14.3. The second-order valence-corrected chi connectivity index (χ2v) is 24.1. The van der Waals surface area contributed by atoms with Gasteiger partial charge in [0.15, 0.2) is 5.83 Å². The lowest BCUT2D eigenvalue weighted by Crippen LogP contribution is -2.55. The van der Waals surface area contributed by atoms with Crippen molar-refractivity contribution in [3.8, 4) is 12.1 Å². The van der Waals surface area contributed by atoms with E-state index in [-0.39, 0.29) is 74.9 Å². The largest absolute Gasteiger partial charge is 0.462 e. The van der Waals surface area contributed by atoms with Crippen LogP contribution in [0.15, 0.2) is 102 Å². The van der Waals surface area contributed by atoms with Crippen molar-refractivity contribution in [2.75, 3.05) is 102 Å². The van der Waals surface area contributed by atoms with E-state index in [1.807, 2.05) is 60.7 Å². The molecule has 4 aromatic carbocycles. The number of amides is 4. The number of fused-ring (bicyclic) bond motifs is 2. The number of halogens is 4. The van der Waals surface area contributed by atoms with E-state index in [0.717, 1.165) is 90.0 Å². The first-order valence-corrected chi connectivity index (χ1v) is 30.0. The Morgan fingerprint density at radius 3 is 2.47 bits per heavy atom. The molecule has 85 heavy (non-hydrogen) atoms. The third-order valence-corrected chi connectivity index (χ3v) is 17.2. The highest BCUT2D eigenvalue weighted by Crippen LogP contribution is 2.51. The molecule has 23 heteroatoms. The molecular weight excluding hydrogens is 1140 g/mol. The van der Waals surface area contributed by atoms with Crippen molar-refractivity contribution in [1.82, 2.24) is 35.0 Å². The average Bonchev–Trinajstić information content (AvgIpc) is 2.61. The Balaban J connectivity index is 0.777. The van der Waals surface area contributed by atoms with Crippen LogP contribution in [0.1, 0.15) is 81.7 Å². The number of aromatic nitrogens is 2. The van der Waals surface area contributed by atoms with Crippen LogP contribution in [0.3, 0.4) is 0 Å². The number of carbonyl (C=O) groups excluding carboxylic acids is 3. The molecule has 0 radical (unpaired) electrons. The quantitative estimate of drug-likeness (QED) is 0.0482. The summed E-state index contributed by atoms with van der Waals surface area (Å²) in [5.41, 5.74) is 2.72. The molecule has 1 aromatic heterocycles. The van der Waals surface area contributed by atoms with Crippen molar-refractivity contribution in [3.05, 3.63) is 136 Å². The monoisotopic (exact) mass is 1210 g/mol. The number of ether oxygens (including phenoxy) is 4. The second-order valence-electron chi connectivity index (χ2n) is 22.5. The summed E-state index contributed by atoms with van der Waals surface area (Å²) in [6, 6.07) is 25.9. The van der Waals surface area contributed by atoms with Crippen molar-refractivity contribution in [3.63, 3.8) is 0 Å². The van der Waals surface area contributed by atoms with Crippen molar-refractivity contribution in [2.24, 2.45) is 5.10 Å². The number of piperazine rings is 1. The van der Waals surface area contributed by atoms with Crippen LogP contribution in [-0.4, -0.2) is 163 Å². The number of anilines is 2. The van der Waals surface area contributed by atoms with E-state index in [1.165, 1.54) is 14.8 Å². The Labute approximate surface area is 503 Å². The van der Waals surface area contributed by atoms with Crippen LogP contribution in [0.5, 0.6) is 6.01 Å². The van der Waals surface area contributed by atoms with Gasteiger partial charge in [-0.15, -0.1) is 0 Å². The number of urea groups is 1. The van der Waals surface area contributed by atoms with Crippen molar-refractivity contribution in [2.45, 2.75) is 94.8 Å². The van der Waals surface area contributed by atoms with Crippen molar-refractivity contribution < 1.29 is 46.5 Å². The zero-order chi connectivity index (χ0) is 60.3. The molecule has 0 saturated carbocycles. The molecule has 0 unspecified atom stereocenters. The Morgan fingerprint density at radius 1 is 0.929 bits per heavy atom. The van der Waals surface area contributed by atoms with Gasteiger partial charge in [-0.25, -0.2) is 22.8 Å². The van der Waals surface area contributed by atoms with Crippen LogP contribution in [0.4, 0.5) is 34.3 Å². The van der Waals surface area contributed by atoms with E-state index in [0.29, 0.717) is 68.7 Å². The predicted octanol–water partition coefficient (Wildman–Crippen LogP) is 10.4. The molecule has 5 heterocycles. The summed E-state index contributed by atoms with van der Waals surface area (Å²) in [5, 5.41) is 21.3. The fraction of sp³-hybridized carbons (Fsp3) is 0.468. The number of rotatable bonds is 23. The number of alkyl carbamates (subject to hydrolysis) is 1. The molecule has 0 bridgehead atoms. The third-order valence-electron chi connectivity index (χ3n) is 15.4. The molecular formula is C62H73ClF3N11O7S. The Morgan fingerprint density at radius 2 is 1.71 bits per heavy atom. The first-order valence-electron chi connectivity index (χ1n) is 28.9. The van der Waals surface area contributed by atoms with Gasteiger partial charge >= 0.3 is 18.1 Å². The Kier molecular flexibility index (Phi) is 20.8. The molecule has 2 fully saturated rings. The van der Waals surface area contributed by atoms with Gasteiger partial charge in [0.2, 0.25) is 0 Å². The number of likely N-dealkylation sites (tertiary alicyclic amines) is 1. The van der Waals surface area contributed by atoms with Gasteiger partial charge in [-0.1, -0.05) is 84.5 Å². The maximum Gasteiger partial charge on any atom is 0.407 e. The SMILES string of the molecule is C=C(F)C(=O)N1CCN(c2nc(OC[C@@H]3CCCN3CCCOCCOCCN(C)C(=O)N3N=C(c4cc(F)ccc4F)S[C@@]3(CCCNC(=O)OC(C)(C)C)c3ccccc3)nc3c2CCN(c2cccc4cccc(Cl)c24)C3)C[C@@H]1CC#N. The van der Waals surface area contributed by atoms with Gasteiger partial charge in [0.25, 0.3) is 5.91 Å². The molecule has 9 rings (SSSR count). The zero-order valence-corrected chi connectivity index (χ0v) is 50.1. The van der Waals surface area contributed by atoms with Crippen LogP contribution in [-0.2, 0) is 36.8 Å². The summed E-state index contributed by atoms with van der Waals surface area (Å²) in [6.07, 6.45) is 3.44. The van der Waals surface area contributed by atoms with E-state index >= 15 is 4.39 Å². The van der Waals surface area contributed by atoms with Crippen molar-refractivity contribution in [1.29, 1.82) is 5.26 Å². The molecule has 18 nitrogen and oxygen atoms in total. The number of benzene rings is 4. The number of nitrogens with one attached hydrogen (secondary N) is 1. The molecule has 2 saturated heterocycles. The van der Waals surface area contributed by atoms with Gasteiger partial charge in [-0.2, -0.15) is 25.3 Å². The maximum absolute atomic E-state index is 15.3. The standard InChI is InChI=1S/C62H73ClF3N11O7S/c1-42(64)57(78)76-32-31-75(39-46(76)23-26-67)55-48-24-30-74(53-20-10-15-43-14-9-19-50(63)54(43)53)40-52(48)69-58(70-55)83-41-47-18-11-28-73(47)29-13-34-81-36-37-82-35-33-72(5)60(80)77-62(44-16-7-6-8-17-44,25-12-27-68-59(79)84-61(2,3)4)85-56(71-77)49-38-45(65)21-22-51(49)66/h6-10,14-17,19-22,38,46-47H,1,11-13,18,23-25,27-37,39-41H2,2-5H3,(H,68,79)/t46-,47-,62-/m0/s1. The average molecular weight is 1210 g/mol. The van der Waals surface area contributed by atoms with Crippen LogP contribution in [0.25, 0.3) is 10.8 Å². The van der Waals surface area contributed by atoms with E-state index in [4.69, 9.17) is 40.5 Å². The molecule has 5 aromatic rings. The van der Waals surface area contributed by atoms with Crippen LogP contribution in [0.2, 0.25) is 5.02 Å². The van der Waals surface area contributed by atoms with E-state index in [1.54, 1.807) is 27.8 Å². The van der Waals surface area contributed by atoms with Gasteiger partial charge in [-0.05, 0) is 107 Å². The third kappa shape index (κ3) is 15.3. The zero-order valence-electron chi connectivity index (χ0n) is 48.5. The Bertz CT molecular complexity index is 3280. The number of nitrogens with zero attached hydrogens (tertiary/aromatic N) is 10. The molecule has 0 spiro atoms. The topological polar surface area (TPSA) is 182 Å². The predicted molar refractivity (Wildman–Crippen MR) is 322 cm³/mol. The highest BCUT2D eigenvalue weighted by molar-refractivity contribution is 8.15. The Hall–Kier alpha value is -7.16. The van der Waals surface area contributed by atoms with E-state index in [2.05, 4.69) is 43.8 Å². The lowest BCUT2D eigenvalue weighted by atomic mass is 10.0. The number of carbonyl (C=O) groups is 3. The summed E-state index contributed by atoms with van der Waals surface area (Å²) in [5.74, 6) is -2.51. The highest BCUT2D eigenvalue weighted by atomic mass is 35.5. The van der Waals surface area contributed by atoms with Gasteiger partial charge in [0.1, 0.15) is 39.6 Å². The maximum atomic E-state index is 15.3. The second kappa shape index (κ2) is 28.4. The number of likely N-dealkylation sites (N-methyl/N-ethyl adjacent to an activating group) is 1. The van der Waals surface area contributed by atoms with Gasteiger partial charge in [0, 0.05) is 87.7 Å². The minimum absolute atomic E-state index is 0.0173. The summed E-state index contributed by atoms with van der Waals surface area (Å²) < 4.78 is 67.9. The molecule has 4 aliphatic rings. The smallest absolute Gasteiger partial charge is 0.407 e. The van der Waals surface area contributed by atoms with E-state index < -0.39 is 52.0 Å². The van der Waals surface area contributed by atoms with Crippen molar-refractivity contribution >= 4 is 68.7 Å². The lowest BCUT2D eigenvalue weighted by Gasteiger charge is -2.42. The first kappa shape index (κ1) is 62.4. The number of hydrogen-bond acceptors (Lipinski definition) is 15. The number of thioether (sulfide) groups is 1. The minimum atomic E-state index is -1.19. The number of hydrazone groups is 1. The van der Waals surface area contributed by atoms with Crippen LogP contribution < -0.4 is 19.9 Å². The first-order chi connectivity index (χ1) is 40.9. The normalized spacial score (nSPS) is 18.9. The van der Waals surface area contributed by atoms with Gasteiger partial charge in [-0.3, -0.25) is 9.69 Å². The fourth-order valence-electron chi connectivity index (χ4n) is 11.3. The van der Waals surface area contributed by atoms with E-state index in [9.17, 15) is 28.4 Å². The molecule has 0 aliphatic carbocycles. The van der Waals surface area contributed by atoms with Gasteiger partial charge in [0.05, 0.1) is 55.6 Å². The number of nitriles is 1. The lowest BCUT2D eigenvalue weighted by molar-refractivity contribution is -0.131. The summed E-state index contributed by atoms with van der Waals surface area (Å²) >= 11 is 7.96. The fourth-order valence-corrected chi connectivity index (χ4v) is 13.0. The van der Waals surface area contributed by atoms with Crippen LogP contribution in [0, 0.1) is 23.0 Å². The van der Waals surface area contributed by atoms with Gasteiger partial charge < -0.3 is 43.9 Å². The minimum Gasteiger partial charge on any atom is -0.462 e. The molecule has 4 aliphatic heterocycles. The summed E-state index contributed by atoms with van der Waals surface area (Å²) in [7, 11) is 1.63. The molecule has 452 valence electrons. The van der Waals surface area contributed by atoms with Crippen LogP contribution >= 0.6 is 23.4 Å². The number of hydrogen-bond donors (Lipinski definition) is 1. The molecule has 1 N–H and O–H groups in total. The molecule has 4 amide bonds.